The third-order valence-corrected chi connectivity index (χ3v) is 7.70. The van der Waals surface area contributed by atoms with E-state index in [0.29, 0.717) is 31.5 Å². The van der Waals surface area contributed by atoms with Crippen LogP contribution >= 0.6 is 11.3 Å². The van der Waals surface area contributed by atoms with E-state index < -0.39 is 6.10 Å². The molecule has 2 heterocycles. The minimum atomic E-state index is -0.429. The maximum Gasteiger partial charge on any atom is 0.317 e. The molecule has 2 aromatic rings. The molecule has 9 heteroatoms. The number of hydrogen-bond donors (Lipinski definition) is 2. The van der Waals surface area contributed by atoms with Gasteiger partial charge in [-0.1, -0.05) is 35.6 Å². The molecule has 182 valence electrons. The molecule has 35 heavy (non-hydrogen) atoms. The van der Waals surface area contributed by atoms with Crippen molar-refractivity contribution in [1.29, 1.82) is 5.26 Å². The highest BCUT2D eigenvalue weighted by Gasteiger charge is 2.31. The minimum Gasteiger partial charge on any atom is -0.391 e. The minimum absolute atomic E-state index is 0.0514. The summed E-state index contributed by atoms with van der Waals surface area (Å²) in [7, 11) is 0. The van der Waals surface area contributed by atoms with E-state index in [-0.39, 0.29) is 24.3 Å². The number of aliphatic hydroxyl groups is 1. The molecule has 1 unspecified atom stereocenters. The van der Waals surface area contributed by atoms with Gasteiger partial charge in [-0.15, -0.1) is 10.2 Å². The number of urea groups is 1. The van der Waals surface area contributed by atoms with Crippen LogP contribution in [0.3, 0.4) is 0 Å². The van der Waals surface area contributed by atoms with E-state index in [0.717, 1.165) is 39.6 Å². The highest BCUT2D eigenvalue weighted by atomic mass is 32.1. The molecule has 8 nitrogen and oxygen atoms in total. The SMILES string of the molecule is CC(C)OC1CC=C(c2nnc(-c3cccc4c3CC[C@@H]4NC(=O)N3CC[C@H](O)C3)s2)C=C1C#N. The number of aromatic nitrogens is 2. The molecule has 2 amide bonds. The smallest absolute Gasteiger partial charge is 0.317 e. The fraction of sp³-hybridized carbons (Fsp3) is 0.462. The Morgan fingerprint density at radius 2 is 2.14 bits per heavy atom. The van der Waals surface area contributed by atoms with Crippen LogP contribution < -0.4 is 5.32 Å². The number of carbonyl (C=O) groups is 1. The number of likely N-dealkylation sites (tertiary alicyclic amines) is 1. The third kappa shape index (κ3) is 4.87. The zero-order chi connectivity index (χ0) is 24.5. The topological polar surface area (TPSA) is 111 Å². The lowest BCUT2D eigenvalue weighted by Crippen LogP contribution is -2.40. The average molecular weight is 492 g/mol. The summed E-state index contributed by atoms with van der Waals surface area (Å²) in [6, 6.07) is 8.23. The monoisotopic (exact) mass is 491 g/mol. The van der Waals surface area contributed by atoms with Gasteiger partial charge in [0, 0.05) is 24.2 Å². The number of nitrogens with one attached hydrogen (secondary N) is 1. The summed E-state index contributed by atoms with van der Waals surface area (Å²) in [6.07, 6.45) is 6.27. The van der Waals surface area contributed by atoms with Crippen molar-refractivity contribution in [3.63, 3.8) is 0 Å². The fourth-order valence-electron chi connectivity index (χ4n) is 5.01. The molecule has 0 spiro atoms. The van der Waals surface area contributed by atoms with E-state index >= 15 is 0 Å². The van der Waals surface area contributed by atoms with Crippen molar-refractivity contribution in [1.82, 2.24) is 20.4 Å². The Balaban J connectivity index is 1.34. The van der Waals surface area contributed by atoms with Crippen molar-refractivity contribution < 1.29 is 14.6 Å². The largest absolute Gasteiger partial charge is 0.391 e. The Kier molecular flexibility index (Phi) is 6.69. The highest BCUT2D eigenvalue weighted by Crippen LogP contribution is 2.40. The Labute approximate surface area is 208 Å². The fourth-order valence-corrected chi connectivity index (χ4v) is 5.92. The number of amides is 2. The standard InChI is InChI=1S/C26H29N5O3S/c1-15(2)34-23-9-6-16(12-17(23)13-27)24-29-30-25(35-24)21-5-3-4-20-19(21)7-8-22(20)28-26(33)31-11-10-18(32)14-31/h3-6,12,15,18,22-23,32H,7-11,14H2,1-2H3,(H,28,33)/t18-,22-,23?/m0/s1. The van der Waals surface area contributed by atoms with Crippen LogP contribution in [0.4, 0.5) is 4.79 Å². The van der Waals surface area contributed by atoms with E-state index in [1.54, 1.807) is 4.90 Å². The molecule has 3 atom stereocenters. The van der Waals surface area contributed by atoms with Gasteiger partial charge in [0.05, 0.1) is 36.0 Å². The number of fused-ring (bicyclic) bond motifs is 1. The van der Waals surface area contributed by atoms with Gasteiger partial charge in [-0.2, -0.15) is 5.26 Å². The van der Waals surface area contributed by atoms with Crippen molar-refractivity contribution in [2.24, 2.45) is 0 Å². The van der Waals surface area contributed by atoms with Crippen molar-refractivity contribution in [3.05, 3.63) is 52.1 Å². The molecule has 0 radical (unpaired) electrons. The number of carbonyl (C=O) groups excluding carboxylic acids is 1. The molecule has 2 N–H and O–H groups in total. The predicted molar refractivity (Wildman–Crippen MR) is 133 cm³/mol. The molecule has 3 aliphatic rings. The number of aliphatic hydroxyl groups excluding tert-OH is 1. The van der Waals surface area contributed by atoms with Gasteiger partial charge in [0.15, 0.2) is 0 Å². The summed E-state index contributed by atoms with van der Waals surface area (Å²) < 4.78 is 5.87. The van der Waals surface area contributed by atoms with Crippen molar-refractivity contribution in [2.45, 2.75) is 63.9 Å². The number of benzene rings is 1. The molecule has 0 saturated carbocycles. The summed E-state index contributed by atoms with van der Waals surface area (Å²) in [4.78, 5) is 14.3. The van der Waals surface area contributed by atoms with Crippen molar-refractivity contribution >= 4 is 22.9 Å². The molecular weight excluding hydrogens is 462 g/mol. The van der Waals surface area contributed by atoms with E-state index in [1.807, 2.05) is 26.0 Å². The average Bonchev–Trinajstić information content (AvgIpc) is 3.59. The number of hydrogen-bond acceptors (Lipinski definition) is 7. The van der Waals surface area contributed by atoms with Gasteiger partial charge in [0.1, 0.15) is 10.0 Å². The van der Waals surface area contributed by atoms with Gasteiger partial charge >= 0.3 is 6.03 Å². The molecule has 5 rings (SSSR count). The van der Waals surface area contributed by atoms with Crippen LogP contribution in [0, 0.1) is 11.3 Å². The Morgan fingerprint density at radius 1 is 1.31 bits per heavy atom. The second kappa shape index (κ2) is 9.90. The zero-order valence-electron chi connectivity index (χ0n) is 19.9. The maximum atomic E-state index is 12.7. The summed E-state index contributed by atoms with van der Waals surface area (Å²) in [5.74, 6) is 0. The van der Waals surface area contributed by atoms with E-state index in [4.69, 9.17) is 4.74 Å². The molecule has 1 saturated heterocycles. The normalized spacial score (nSPS) is 23.6. The van der Waals surface area contributed by atoms with Gasteiger partial charge < -0.3 is 20.1 Å². The van der Waals surface area contributed by atoms with Gasteiger partial charge in [0.25, 0.3) is 0 Å². The van der Waals surface area contributed by atoms with Crippen LogP contribution in [-0.2, 0) is 11.2 Å². The second-order valence-electron chi connectivity index (χ2n) is 9.50. The van der Waals surface area contributed by atoms with Crippen LogP contribution in [0.1, 0.15) is 55.3 Å². The predicted octanol–water partition coefficient (Wildman–Crippen LogP) is 4.00. The Morgan fingerprint density at radius 3 is 2.89 bits per heavy atom. The van der Waals surface area contributed by atoms with E-state index in [2.05, 4.69) is 39.8 Å². The lowest BCUT2D eigenvalue weighted by Gasteiger charge is -2.21. The van der Waals surface area contributed by atoms with Gasteiger partial charge in [-0.25, -0.2) is 4.79 Å². The number of nitriles is 1. The van der Waals surface area contributed by atoms with Gasteiger partial charge in [-0.3, -0.25) is 0 Å². The molecule has 1 aromatic carbocycles. The summed E-state index contributed by atoms with van der Waals surface area (Å²) >= 11 is 1.51. The quantitative estimate of drug-likeness (QED) is 0.654. The number of nitrogens with zero attached hydrogens (tertiary/aromatic N) is 4. The first-order chi connectivity index (χ1) is 16.9. The molecule has 1 aliphatic heterocycles. The second-order valence-corrected chi connectivity index (χ2v) is 10.5. The molecule has 2 aliphatic carbocycles. The third-order valence-electron chi connectivity index (χ3n) is 6.70. The van der Waals surface area contributed by atoms with Crippen molar-refractivity contribution in [2.75, 3.05) is 13.1 Å². The molecular formula is C26H29N5O3S. The molecule has 1 aromatic heterocycles. The van der Waals surface area contributed by atoms with Crippen LogP contribution in [0.15, 0.2) is 35.9 Å². The Bertz CT molecular complexity index is 1230. The van der Waals surface area contributed by atoms with Gasteiger partial charge in [0.2, 0.25) is 0 Å². The first-order valence-corrected chi connectivity index (χ1v) is 12.9. The first kappa shape index (κ1) is 23.7. The maximum absolute atomic E-state index is 12.7. The van der Waals surface area contributed by atoms with Crippen molar-refractivity contribution in [3.8, 4) is 16.6 Å². The Hall–Kier alpha value is -3.06. The number of ether oxygens (including phenoxy) is 1. The van der Waals surface area contributed by atoms with Crippen LogP contribution in [0.2, 0.25) is 0 Å². The number of allylic oxidation sites excluding steroid dienone is 2. The summed E-state index contributed by atoms with van der Waals surface area (Å²) in [6.45, 7) is 4.91. The zero-order valence-corrected chi connectivity index (χ0v) is 20.7. The summed E-state index contributed by atoms with van der Waals surface area (Å²) in [5.41, 5.74) is 4.86. The number of β-amino-alcohol motifs (C(OH)–C–C–N with tert-alkyl or cyclic N) is 1. The van der Waals surface area contributed by atoms with Crippen LogP contribution in [0.5, 0.6) is 0 Å². The van der Waals surface area contributed by atoms with E-state index in [9.17, 15) is 15.2 Å². The molecule has 0 bridgehead atoms. The first-order valence-electron chi connectivity index (χ1n) is 12.1. The van der Waals surface area contributed by atoms with Crippen LogP contribution in [0.25, 0.3) is 16.1 Å². The lowest BCUT2D eigenvalue weighted by atomic mass is 9.97. The number of rotatable bonds is 5. The molecule has 1 fully saturated rings. The summed E-state index contributed by atoms with van der Waals surface area (Å²) in [5, 5.41) is 33.0. The van der Waals surface area contributed by atoms with Crippen LogP contribution in [-0.4, -0.2) is 57.6 Å². The highest BCUT2D eigenvalue weighted by molar-refractivity contribution is 7.15. The van der Waals surface area contributed by atoms with Gasteiger partial charge in [-0.05, 0) is 56.7 Å². The van der Waals surface area contributed by atoms with E-state index in [1.165, 1.54) is 16.9 Å². The lowest BCUT2D eigenvalue weighted by molar-refractivity contribution is 0.0327.